The Hall–Kier alpha value is -3.14. The zero-order valence-corrected chi connectivity index (χ0v) is 25.6. The van der Waals surface area contributed by atoms with Crippen LogP contribution in [0.5, 0.6) is 0 Å². The van der Waals surface area contributed by atoms with E-state index in [-0.39, 0.29) is 19.6 Å². The van der Waals surface area contributed by atoms with Crippen LogP contribution in [0.25, 0.3) is 0 Å². The lowest BCUT2D eigenvalue weighted by atomic mass is 9.95. The summed E-state index contributed by atoms with van der Waals surface area (Å²) in [5.41, 5.74) is 1.60. The molecule has 0 aliphatic rings. The molecule has 0 aliphatic heterocycles. The number of nitrogens with zero attached hydrogens (tertiary/aromatic N) is 1. The summed E-state index contributed by atoms with van der Waals surface area (Å²) in [6, 6.07) is 2.81. The summed E-state index contributed by atoms with van der Waals surface area (Å²) in [5.74, 6) is -1.18. The zero-order valence-electron chi connectivity index (χ0n) is 25.6. The molecule has 0 heterocycles. The lowest BCUT2D eigenvalue weighted by Gasteiger charge is -2.38. The normalized spacial score (nSPS) is 13.7. The second-order valence-electron chi connectivity index (χ2n) is 11.6. The fraction of sp³-hybridized carbons (Fsp3) is 0.667. The van der Waals surface area contributed by atoms with Crippen LogP contribution in [-0.4, -0.2) is 71.3 Å². The Labute approximate surface area is 239 Å². The predicted octanol–water partition coefficient (Wildman–Crippen LogP) is 3.95. The number of amides is 3. The first kappa shape index (κ1) is 34.9. The second-order valence-corrected chi connectivity index (χ2v) is 11.6. The smallest absolute Gasteiger partial charge is 0.408 e. The maximum absolute atomic E-state index is 14.1. The van der Waals surface area contributed by atoms with E-state index in [4.69, 9.17) is 9.47 Å². The molecule has 3 atom stereocenters. The van der Waals surface area contributed by atoms with Gasteiger partial charge in [0.05, 0.1) is 19.6 Å². The van der Waals surface area contributed by atoms with Crippen molar-refractivity contribution in [1.82, 2.24) is 15.5 Å². The third-order valence-corrected chi connectivity index (χ3v) is 6.08. The molecule has 0 saturated carbocycles. The first-order chi connectivity index (χ1) is 18.6. The number of carbonyl (C=O) groups excluding carboxylic acids is 4. The van der Waals surface area contributed by atoms with Crippen LogP contribution >= 0.6 is 0 Å². The first-order valence-electron chi connectivity index (χ1n) is 14.0. The van der Waals surface area contributed by atoms with Crippen LogP contribution in [0.2, 0.25) is 0 Å². The molecule has 226 valence electrons. The molecule has 1 aromatic carbocycles. The second kappa shape index (κ2) is 16.2. The van der Waals surface area contributed by atoms with E-state index in [0.29, 0.717) is 17.9 Å². The van der Waals surface area contributed by atoms with Crippen LogP contribution in [0.4, 0.5) is 4.79 Å². The molecule has 1 aromatic rings. The summed E-state index contributed by atoms with van der Waals surface area (Å²) in [4.78, 5) is 53.7. The van der Waals surface area contributed by atoms with Crippen molar-refractivity contribution in [3.8, 4) is 0 Å². The van der Waals surface area contributed by atoms with Crippen LogP contribution in [0.15, 0.2) is 18.2 Å². The number of aryl methyl sites for hydroxylation is 2. The highest BCUT2D eigenvalue weighted by Crippen LogP contribution is 2.29. The van der Waals surface area contributed by atoms with Crippen LogP contribution in [0.3, 0.4) is 0 Å². The van der Waals surface area contributed by atoms with E-state index in [2.05, 4.69) is 24.5 Å². The first-order valence-corrected chi connectivity index (χ1v) is 14.0. The minimum atomic E-state index is -1.34. The summed E-state index contributed by atoms with van der Waals surface area (Å²) in [6.45, 7) is 16.2. The van der Waals surface area contributed by atoms with Crippen molar-refractivity contribution in [3.63, 3.8) is 0 Å². The fourth-order valence-corrected chi connectivity index (χ4v) is 4.35. The summed E-state index contributed by atoms with van der Waals surface area (Å²) in [6.07, 6.45) is 0.510. The van der Waals surface area contributed by atoms with Gasteiger partial charge in [0, 0.05) is 12.6 Å². The quantitative estimate of drug-likeness (QED) is 0.292. The predicted molar refractivity (Wildman–Crippen MR) is 154 cm³/mol. The van der Waals surface area contributed by atoms with Gasteiger partial charge in [-0.1, -0.05) is 43.2 Å². The number of benzene rings is 1. The van der Waals surface area contributed by atoms with E-state index in [1.165, 1.54) is 4.90 Å². The van der Waals surface area contributed by atoms with Gasteiger partial charge >= 0.3 is 12.1 Å². The molecule has 3 N–H and O–H groups in total. The van der Waals surface area contributed by atoms with Gasteiger partial charge in [-0.2, -0.15) is 0 Å². The van der Waals surface area contributed by atoms with Gasteiger partial charge in [0.1, 0.15) is 17.7 Å². The van der Waals surface area contributed by atoms with E-state index in [1.807, 2.05) is 39.0 Å². The van der Waals surface area contributed by atoms with Crippen molar-refractivity contribution in [2.75, 3.05) is 19.8 Å². The number of nitrogens with one attached hydrogen (secondary N) is 2. The molecule has 40 heavy (non-hydrogen) atoms. The number of hydrogen-bond acceptors (Lipinski definition) is 7. The molecule has 10 heteroatoms. The maximum Gasteiger partial charge on any atom is 0.408 e. The molecule has 0 aromatic heterocycles. The van der Waals surface area contributed by atoms with Crippen LogP contribution < -0.4 is 10.6 Å². The van der Waals surface area contributed by atoms with Crippen molar-refractivity contribution in [1.29, 1.82) is 0 Å². The molecule has 0 aliphatic carbocycles. The maximum atomic E-state index is 14.1. The number of alkyl carbamates (subject to hydrolysis) is 1. The minimum absolute atomic E-state index is 0.0184. The molecule has 3 amide bonds. The molecular formula is C30H49N3O7. The minimum Gasteiger partial charge on any atom is -0.466 e. The Kier molecular flexibility index (Phi) is 14.1. The third-order valence-electron chi connectivity index (χ3n) is 6.08. The van der Waals surface area contributed by atoms with Gasteiger partial charge in [-0.05, 0) is 72.8 Å². The largest absolute Gasteiger partial charge is 0.466 e. The lowest BCUT2D eigenvalue weighted by molar-refractivity contribution is -0.146. The van der Waals surface area contributed by atoms with Crippen LogP contribution in [-0.2, 0) is 23.9 Å². The summed E-state index contributed by atoms with van der Waals surface area (Å²) >= 11 is 0. The molecule has 0 spiro atoms. The van der Waals surface area contributed by atoms with Gasteiger partial charge < -0.3 is 30.1 Å². The van der Waals surface area contributed by atoms with Gasteiger partial charge in [0.25, 0.3) is 0 Å². The fourth-order valence-electron chi connectivity index (χ4n) is 4.35. The Morgan fingerprint density at radius 1 is 1.00 bits per heavy atom. The molecule has 1 rings (SSSR count). The lowest BCUT2D eigenvalue weighted by Crippen LogP contribution is -2.56. The molecule has 0 fully saturated rings. The van der Waals surface area contributed by atoms with Crippen molar-refractivity contribution >= 4 is 23.9 Å². The van der Waals surface area contributed by atoms with Gasteiger partial charge in [0.15, 0.2) is 0 Å². The van der Waals surface area contributed by atoms with Gasteiger partial charge in [-0.3, -0.25) is 14.4 Å². The van der Waals surface area contributed by atoms with E-state index < -0.39 is 54.2 Å². The van der Waals surface area contributed by atoms with E-state index in [9.17, 15) is 24.3 Å². The molecule has 0 bridgehead atoms. The monoisotopic (exact) mass is 563 g/mol. The van der Waals surface area contributed by atoms with Crippen molar-refractivity contribution in [3.05, 3.63) is 34.9 Å². The summed E-state index contributed by atoms with van der Waals surface area (Å²) < 4.78 is 10.3. The van der Waals surface area contributed by atoms with Crippen molar-refractivity contribution in [2.45, 2.75) is 105 Å². The number of aliphatic hydroxyl groups is 1. The Balaban J connectivity index is 3.53. The number of carbonyl (C=O) groups is 4. The molecule has 3 unspecified atom stereocenters. The van der Waals surface area contributed by atoms with E-state index >= 15 is 0 Å². The Bertz CT molecular complexity index is 983. The van der Waals surface area contributed by atoms with Crippen molar-refractivity contribution in [2.24, 2.45) is 5.92 Å². The van der Waals surface area contributed by atoms with Gasteiger partial charge in [0.2, 0.25) is 11.8 Å². The standard InChI is InChI=1S/C30H49N3O7/c1-10-39-25(35)13-14-31-27(36)26(23-16-20(4)15-21(5)17-23)33(22(6)12-11-19(2)3)28(37)24(18-34)32-29(38)40-30(7,8)9/h15-17,19,22,24,26,34H,10-14,18H2,1-9H3,(H,31,36)(H,32,38). The number of ether oxygens (including phenoxy) is 2. The highest BCUT2D eigenvalue weighted by Gasteiger charge is 2.39. The van der Waals surface area contributed by atoms with Gasteiger partial charge in [-0.15, -0.1) is 0 Å². The van der Waals surface area contributed by atoms with Gasteiger partial charge in [-0.25, -0.2) is 4.79 Å². The van der Waals surface area contributed by atoms with Crippen LogP contribution in [0.1, 0.15) is 90.5 Å². The van der Waals surface area contributed by atoms with E-state index in [1.54, 1.807) is 27.7 Å². The summed E-state index contributed by atoms with van der Waals surface area (Å²) in [5, 5.41) is 15.4. The zero-order chi connectivity index (χ0) is 30.6. The highest BCUT2D eigenvalue weighted by atomic mass is 16.6. The SMILES string of the molecule is CCOC(=O)CCNC(=O)C(c1cc(C)cc(C)c1)N(C(=O)C(CO)NC(=O)OC(C)(C)C)C(C)CCC(C)C. The molecule has 10 nitrogen and oxygen atoms in total. The van der Waals surface area contributed by atoms with Crippen molar-refractivity contribution < 1.29 is 33.8 Å². The number of hydrogen-bond donors (Lipinski definition) is 3. The van der Waals surface area contributed by atoms with Crippen LogP contribution in [0, 0.1) is 19.8 Å². The molecule has 0 saturated heterocycles. The summed E-state index contributed by atoms with van der Waals surface area (Å²) in [7, 11) is 0. The Morgan fingerprint density at radius 2 is 1.60 bits per heavy atom. The third kappa shape index (κ3) is 11.9. The van der Waals surface area contributed by atoms with E-state index in [0.717, 1.165) is 17.5 Å². The number of esters is 1. The topological polar surface area (TPSA) is 134 Å². The Morgan fingerprint density at radius 3 is 2.10 bits per heavy atom. The number of rotatable bonds is 14. The molecular weight excluding hydrogens is 514 g/mol. The average molecular weight is 564 g/mol. The molecule has 0 radical (unpaired) electrons. The highest BCUT2D eigenvalue weighted by molar-refractivity contribution is 5.92. The average Bonchev–Trinajstić information content (AvgIpc) is 2.82. The number of aliphatic hydroxyl groups excluding tert-OH is 1.